The molecular weight excluding hydrogens is 352 g/mol. The van der Waals surface area contributed by atoms with Crippen molar-refractivity contribution >= 4 is 11.6 Å². The SMILES string of the molecule is COc1cc(OC)cc(C(=Cc2ccccc2)c2ccc(OC)c(OC)c2)c1. The number of ether oxygens (including phenoxy) is 4. The number of methoxy groups -OCH3 is 4. The topological polar surface area (TPSA) is 36.9 Å². The van der Waals surface area contributed by atoms with E-state index < -0.39 is 0 Å². The maximum Gasteiger partial charge on any atom is 0.161 e. The van der Waals surface area contributed by atoms with Gasteiger partial charge in [0.05, 0.1) is 28.4 Å². The molecule has 0 heterocycles. The van der Waals surface area contributed by atoms with Crippen molar-refractivity contribution in [2.45, 2.75) is 0 Å². The third-order valence-electron chi connectivity index (χ3n) is 4.47. The molecule has 4 heteroatoms. The van der Waals surface area contributed by atoms with Crippen LogP contribution in [0.4, 0.5) is 0 Å². The van der Waals surface area contributed by atoms with Crippen LogP contribution in [-0.2, 0) is 0 Å². The average molecular weight is 376 g/mol. The summed E-state index contributed by atoms with van der Waals surface area (Å²) in [7, 11) is 6.56. The fourth-order valence-corrected chi connectivity index (χ4v) is 3.02. The standard InChI is InChI=1S/C24H24O4/c1-25-20-13-19(14-21(16-20)26-2)22(12-17-8-6-5-7-9-17)18-10-11-23(27-3)24(15-18)28-4/h5-16H,1-4H3. The van der Waals surface area contributed by atoms with Crippen molar-refractivity contribution in [1.29, 1.82) is 0 Å². The Hall–Kier alpha value is -3.40. The first-order valence-electron chi connectivity index (χ1n) is 8.91. The highest BCUT2D eigenvalue weighted by Gasteiger charge is 2.13. The van der Waals surface area contributed by atoms with E-state index in [4.69, 9.17) is 18.9 Å². The van der Waals surface area contributed by atoms with E-state index >= 15 is 0 Å². The maximum absolute atomic E-state index is 5.50. The van der Waals surface area contributed by atoms with Crippen molar-refractivity contribution in [3.63, 3.8) is 0 Å². The van der Waals surface area contributed by atoms with Gasteiger partial charge in [0.2, 0.25) is 0 Å². The van der Waals surface area contributed by atoms with E-state index in [9.17, 15) is 0 Å². The van der Waals surface area contributed by atoms with Gasteiger partial charge in [0.1, 0.15) is 11.5 Å². The summed E-state index contributed by atoms with van der Waals surface area (Å²) in [5.74, 6) is 2.82. The molecule has 28 heavy (non-hydrogen) atoms. The van der Waals surface area contributed by atoms with Crippen LogP contribution in [0.3, 0.4) is 0 Å². The second-order valence-corrected chi connectivity index (χ2v) is 6.14. The lowest BCUT2D eigenvalue weighted by Gasteiger charge is -2.15. The molecule has 0 unspecified atom stereocenters. The maximum atomic E-state index is 5.50. The zero-order valence-corrected chi connectivity index (χ0v) is 16.6. The summed E-state index contributed by atoms with van der Waals surface area (Å²) in [5, 5.41) is 0. The third kappa shape index (κ3) is 4.29. The van der Waals surface area contributed by atoms with E-state index in [-0.39, 0.29) is 0 Å². The van der Waals surface area contributed by atoms with Gasteiger partial charge in [-0.2, -0.15) is 0 Å². The Morgan fingerprint density at radius 3 is 1.82 bits per heavy atom. The molecule has 3 rings (SSSR count). The van der Waals surface area contributed by atoms with Crippen molar-refractivity contribution in [2.75, 3.05) is 28.4 Å². The van der Waals surface area contributed by atoms with Crippen LogP contribution in [-0.4, -0.2) is 28.4 Å². The monoisotopic (exact) mass is 376 g/mol. The van der Waals surface area contributed by atoms with E-state index in [0.717, 1.165) is 33.8 Å². The van der Waals surface area contributed by atoms with Crippen LogP contribution in [0.2, 0.25) is 0 Å². The van der Waals surface area contributed by atoms with Gasteiger partial charge in [-0.1, -0.05) is 36.4 Å². The first-order valence-corrected chi connectivity index (χ1v) is 8.91. The first kappa shape index (κ1) is 19.4. The Balaban J connectivity index is 2.21. The molecule has 3 aromatic rings. The fourth-order valence-electron chi connectivity index (χ4n) is 3.02. The van der Waals surface area contributed by atoms with E-state index in [1.54, 1.807) is 28.4 Å². The van der Waals surface area contributed by atoms with Gasteiger partial charge in [0.25, 0.3) is 0 Å². The van der Waals surface area contributed by atoms with E-state index in [1.165, 1.54) is 0 Å². The third-order valence-corrected chi connectivity index (χ3v) is 4.47. The normalized spacial score (nSPS) is 11.1. The molecule has 0 saturated carbocycles. The molecule has 0 aliphatic carbocycles. The van der Waals surface area contributed by atoms with Crippen LogP contribution in [0.1, 0.15) is 16.7 Å². The molecule has 0 radical (unpaired) electrons. The van der Waals surface area contributed by atoms with Gasteiger partial charge >= 0.3 is 0 Å². The quantitative estimate of drug-likeness (QED) is 0.524. The summed E-state index contributed by atoms with van der Waals surface area (Å²) in [6.07, 6.45) is 2.13. The van der Waals surface area contributed by atoms with Crippen molar-refractivity contribution < 1.29 is 18.9 Å². The summed E-state index contributed by atoms with van der Waals surface area (Å²) in [6.45, 7) is 0. The molecule has 0 atom stereocenters. The van der Waals surface area contributed by atoms with Crippen molar-refractivity contribution in [2.24, 2.45) is 0 Å². The van der Waals surface area contributed by atoms with Gasteiger partial charge in [-0.15, -0.1) is 0 Å². The highest BCUT2D eigenvalue weighted by Crippen LogP contribution is 2.36. The van der Waals surface area contributed by atoms with Gasteiger partial charge in [-0.25, -0.2) is 0 Å². The highest BCUT2D eigenvalue weighted by atomic mass is 16.5. The van der Waals surface area contributed by atoms with Crippen LogP contribution in [0.25, 0.3) is 11.6 Å². The average Bonchev–Trinajstić information content (AvgIpc) is 2.77. The molecule has 0 aliphatic heterocycles. The number of hydrogen-bond donors (Lipinski definition) is 0. The smallest absolute Gasteiger partial charge is 0.161 e. The largest absolute Gasteiger partial charge is 0.497 e. The Morgan fingerprint density at radius 1 is 0.607 bits per heavy atom. The second-order valence-electron chi connectivity index (χ2n) is 6.14. The number of benzene rings is 3. The molecule has 0 saturated heterocycles. The highest BCUT2D eigenvalue weighted by molar-refractivity contribution is 5.92. The number of hydrogen-bond acceptors (Lipinski definition) is 4. The lowest BCUT2D eigenvalue weighted by Crippen LogP contribution is -1.95. The minimum atomic E-state index is 0.675. The molecule has 0 amide bonds. The zero-order chi connectivity index (χ0) is 19.9. The van der Waals surface area contributed by atoms with Crippen molar-refractivity contribution in [3.8, 4) is 23.0 Å². The molecule has 0 spiro atoms. The van der Waals surface area contributed by atoms with Crippen LogP contribution in [0.5, 0.6) is 23.0 Å². The van der Waals surface area contributed by atoms with Gasteiger partial charge in [0.15, 0.2) is 11.5 Å². The Kier molecular flexibility index (Phi) is 6.22. The van der Waals surface area contributed by atoms with Crippen LogP contribution in [0.15, 0.2) is 66.7 Å². The Morgan fingerprint density at radius 2 is 1.25 bits per heavy atom. The summed E-state index contributed by atoms with van der Waals surface area (Å²) < 4.78 is 21.8. The minimum Gasteiger partial charge on any atom is -0.497 e. The lowest BCUT2D eigenvalue weighted by molar-refractivity contribution is 0.355. The molecule has 4 nitrogen and oxygen atoms in total. The molecule has 0 aliphatic rings. The minimum absolute atomic E-state index is 0.675. The second kappa shape index (κ2) is 9.00. The van der Waals surface area contributed by atoms with Gasteiger partial charge in [-0.05, 0) is 52.6 Å². The summed E-state index contributed by atoms with van der Waals surface area (Å²) in [4.78, 5) is 0. The molecule has 0 N–H and O–H groups in total. The Bertz CT molecular complexity index is 939. The predicted octanol–water partition coefficient (Wildman–Crippen LogP) is 5.31. The molecule has 144 valence electrons. The summed E-state index contributed by atoms with van der Waals surface area (Å²) >= 11 is 0. The van der Waals surface area contributed by atoms with E-state index in [1.807, 2.05) is 54.6 Å². The van der Waals surface area contributed by atoms with Gasteiger partial charge in [-0.3, -0.25) is 0 Å². The predicted molar refractivity (Wildman–Crippen MR) is 113 cm³/mol. The molecule has 0 bridgehead atoms. The van der Waals surface area contributed by atoms with Gasteiger partial charge in [0, 0.05) is 6.07 Å². The number of rotatable bonds is 7. The van der Waals surface area contributed by atoms with Gasteiger partial charge < -0.3 is 18.9 Å². The van der Waals surface area contributed by atoms with Crippen LogP contribution in [0, 0.1) is 0 Å². The zero-order valence-electron chi connectivity index (χ0n) is 16.6. The lowest BCUT2D eigenvalue weighted by atomic mass is 9.95. The summed E-state index contributed by atoms with van der Waals surface area (Å²) in [6, 6.07) is 21.9. The fraction of sp³-hybridized carbons (Fsp3) is 0.167. The van der Waals surface area contributed by atoms with Crippen molar-refractivity contribution in [3.05, 3.63) is 83.4 Å². The Labute approximate surface area is 165 Å². The molecule has 3 aromatic carbocycles. The van der Waals surface area contributed by atoms with Crippen molar-refractivity contribution in [1.82, 2.24) is 0 Å². The van der Waals surface area contributed by atoms with Crippen LogP contribution >= 0.6 is 0 Å². The molecular formula is C24H24O4. The summed E-state index contributed by atoms with van der Waals surface area (Å²) in [5.41, 5.74) is 4.09. The molecule has 0 aromatic heterocycles. The van der Waals surface area contributed by atoms with Crippen LogP contribution < -0.4 is 18.9 Å². The van der Waals surface area contributed by atoms with E-state index in [2.05, 4.69) is 18.2 Å². The molecule has 0 fully saturated rings. The first-order chi connectivity index (χ1) is 13.7. The van der Waals surface area contributed by atoms with E-state index in [0.29, 0.717) is 11.5 Å².